The van der Waals surface area contributed by atoms with E-state index in [0.717, 1.165) is 11.3 Å². The first kappa shape index (κ1) is 13.5. The number of amides is 2. The van der Waals surface area contributed by atoms with Crippen LogP contribution in [0.1, 0.15) is 12.0 Å². The van der Waals surface area contributed by atoms with Crippen molar-refractivity contribution in [3.8, 4) is 0 Å². The number of carbonyl (C=O) groups excluding carboxylic acids is 2. The number of nitrogens with one attached hydrogen (secondary N) is 1. The standard InChI is InChI=1S/C12H15ClN2O2/c1-9-3-4-11(10(13)7-9)15(2)6-5-12(17)14-8-16/h3-4,7-8H,5-6H2,1-2H3,(H,14,16,17). The second-order valence-electron chi connectivity index (χ2n) is 3.81. The van der Waals surface area contributed by atoms with E-state index in [1.54, 1.807) is 0 Å². The van der Waals surface area contributed by atoms with Crippen LogP contribution in [0, 0.1) is 6.92 Å². The van der Waals surface area contributed by atoms with Crippen LogP contribution in [0.4, 0.5) is 5.69 Å². The number of halogens is 1. The minimum atomic E-state index is -0.296. The summed E-state index contributed by atoms with van der Waals surface area (Å²) in [5.41, 5.74) is 1.96. The fourth-order valence-corrected chi connectivity index (χ4v) is 1.83. The molecule has 0 aromatic heterocycles. The number of imide groups is 1. The Kier molecular flexibility index (Phi) is 4.97. The molecule has 0 saturated carbocycles. The summed E-state index contributed by atoms with van der Waals surface area (Å²) in [6.45, 7) is 2.47. The lowest BCUT2D eigenvalue weighted by Gasteiger charge is -2.20. The molecule has 0 fully saturated rings. The van der Waals surface area contributed by atoms with Gasteiger partial charge in [-0.15, -0.1) is 0 Å². The van der Waals surface area contributed by atoms with E-state index in [1.165, 1.54) is 0 Å². The molecule has 0 atom stereocenters. The molecule has 0 aliphatic heterocycles. The number of carbonyl (C=O) groups is 2. The Bertz CT molecular complexity index is 421. The molecule has 0 saturated heterocycles. The first-order valence-corrected chi connectivity index (χ1v) is 5.62. The monoisotopic (exact) mass is 254 g/mol. The van der Waals surface area contributed by atoms with Crippen LogP contribution in [0.3, 0.4) is 0 Å². The van der Waals surface area contributed by atoms with Crippen LogP contribution < -0.4 is 10.2 Å². The van der Waals surface area contributed by atoms with Gasteiger partial charge in [0.05, 0.1) is 10.7 Å². The lowest BCUT2D eigenvalue weighted by Crippen LogP contribution is -2.27. The number of anilines is 1. The maximum Gasteiger partial charge on any atom is 0.228 e. The summed E-state index contributed by atoms with van der Waals surface area (Å²) in [6.07, 6.45) is 0.640. The minimum Gasteiger partial charge on any atom is -0.373 e. The number of aryl methyl sites for hydroxylation is 1. The Labute approximate surface area is 106 Å². The first-order chi connectivity index (χ1) is 8.04. The summed E-state index contributed by atoms with van der Waals surface area (Å²) in [7, 11) is 1.85. The number of benzene rings is 1. The van der Waals surface area contributed by atoms with Crippen LogP contribution in [-0.4, -0.2) is 25.9 Å². The van der Waals surface area contributed by atoms with Gasteiger partial charge in [0.1, 0.15) is 0 Å². The zero-order valence-corrected chi connectivity index (χ0v) is 10.6. The zero-order chi connectivity index (χ0) is 12.8. The molecule has 5 heteroatoms. The Balaban J connectivity index is 2.60. The van der Waals surface area contributed by atoms with Gasteiger partial charge in [-0.3, -0.25) is 14.9 Å². The van der Waals surface area contributed by atoms with Crippen molar-refractivity contribution < 1.29 is 9.59 Å². The Morgan fingerprint density at radius 1 is 1.53 bits per heavy atom. The molecule has 0 unspecified atom stereocenters. The van der Waals surface area contributed by atoms with Gasteiger partial charge in [0.2, 0.25) is 12.3 Å². The van der Waals surface area contributed by atoms with Gasteiger partial charge in [0, 0.05) is 20.0 Å². The highest BCUT2D eigenvalue weighted by molar-refractivity contribution is 6.33. The molecule has 17 heavy (non-hydrogen) atoms. The highest BCUT2D eigenvalue weighted by atomic mass is 35.5. The molecule has 0 aliphatic carbocycles. The number of hydrogen-bond acceptors (Lipinski definition) is 3. The second-order valence-corrected chi connectivity index (χ2v) is 4.22. The Morgan fingerprint density at radius 2 is 2.24 bits per heavy atom. The van der Waals surface area contributed by atoms with Gasteiger partial charge < -0.3 is 4.90 Å². The predicted octanol–water partition coefficient (Wildman–Crippen LogP) is 1.75. The minimum absolute atomic E-state index is 0.249. The van der Waals surface area contributed by atoms with Crippen LogP contribution in [0.15, 0.2) is 18.2 Å². The SMILES string of the molecule is Cc1ccc(N(C)CCC(=O)NC=O)c(Cl)c1. The average molecular weight is 255 g/mol. The van der Waals surface area contributed by atoms with Gasteiger partial charge in [-0.25, -0.2) is 0 Å². The molecule has 1 aromatic carbocycles. The highest BCUT2D eigenvalue weighted by Gasteiger charge is 2.08. The molecular weight excluding hydrogens is 240 g/mol. The van der Waals surface area contributed by atoms with E-state index < -0.39 is 0 Å². The van der Waals surface area contributed by atoms with Crippen LogP contribution in [0.5, 0.6) is 0 Å². The van der Waals surface area contributed by atoms with Crippen molar-refractivity contribution in [1.29, 1.82) is 0 Å². The van der Waals surface area contributed by atoms with Crippen LogP contribution in [0.25, 0.3) is 0 Å². The van der Waals surface area contributed by atoms with E-state index in [4.69, 9.17) is 11.6 Å². The summed E-state index contributed by atoms with van der Waals surface area (Å²) in [5, 5.41) is 2.75. The van der Waals surface area contributed by atoms with Crippen LogP contribution in [-0.2, 0) is 9.59 Å². The summed E-state index contributed by atoms with van der Waals surface area (Å²) >= 11 is 6.10. The summed E-state index contributed by atoms with van der Waals surface area (Å²) in [6, 6.07) is 5.75. The molecule has 1 rings (SSSR count). The van der Waals surface area contributed by atoms with Crippen molar-refractivity contribution in [2.75, 3.05) is 18.5 Å². The summed E-state index contributed by atoms with van der Waals surface area (Å²) in [5.74, 6) is -0.296. The van der Waals surface area contributed by atoms with Crippen molar-refractivity contribution in [1.82, 2.24) is 5.32 Å². The van der Waals surface area contributed by atoms with Gasteiger partial charge >= 0.3 is 0 Å². The largest absolute Gasteiger partial charge is 0.373 e. The Hall–Kier alpha value is -1.55. The molecule has 0 heterocycles. The van der Waals surface area contributed by atoms with Crippen molar-refractivity contribution in [3.63, 3.8) is 0 Å². The van der Waals surface area contributed by atoms with Crippen molar-refractivity contribution in [2.45, 2.75) is 13.3 Å². The van der Waals surface area contributed by atoms with E-state index in [9.17, 15) is 9.59 Å². The lowest BCUT2D eigenvalue weighted by atomic mass is 10.2. The quantitative estimate of drug-likeness (QED) is 0.815. The molecule has 0 bridgehead atoms. The molecule has 2 amide bonds. The number of hydrogen-bond donors (Lipinski definition) is 1. The molecule has 0 radical (unpaired) electrons. The van der Waals surface area contributed by atoms with E-state index in [-0.39, 0.29) is 12.3 Å². The van der Waals surface area contributed by atoms with E-state index in [2.05, 4.69) is 5.32 Å². The summed E-state index contributed by atoms with van der Waals surface area (Å²) < 4.78 is 0. The van der Waals surface area contributed by atoms with Gasteiger partial charge in [-0.05, 0) is 24.6 Å². The van der Waals surface area contributed by atoms with E-state index in [0.29, 0.717) is 18.0 Å². The van der Waals surface area contributed by atoms with Crippen molar-refractivity contribution >= 4 is 29.6 Å². The topological polar surface area (TPSA) is 49.4 Å². The molecule has 4 nitrogen and oxygen atoms in total. The zero-order valence-electron chi connectivity index (χ0n) is 9.87. The molecule has 0 aliphatic rings. The molecule has 0 spiro atoms. The van der Waals surface area contributed by atoms with Gasteiger partial charge in [0.15, 0.2) is 0 Å². The highest BCUT2D eigenvalue weighted by Crippen LogP contribution is 2.25. The predicted molar refractivity (Wildman–Crippen MR) is 68.3 cm³/mol. The molecule has 1 aromatic rings. The fourth-order valence-electron chi connectivity index (χ4n) is 1.45. The fraction of sp³-hybridized carbons (Fsp3) is 0.333. The maximum absolute atomic E-state index is 11.1. The van der Waals surface area contributed by atoms with Crippen LogP contribution in [0.2, 0.25) is 5.02 Å². The third-order valence-corrected chi connectivity index (χ3v) is 2.71. The van der Waals surface area contributed by atoms with Gasteiger partial charge in [0.25, 0.3) is 0 Å². The smallest absolute Gasteiger partial charge is 0.228 e. The lowest BCUT2D eigenvalue weighted by molar-refractivity contribution is -0.125. The van der Waals surface area contributed by atoms with Gasteiger partial charge in [-0.1, -0.05) is 17.7 Å². The average Bonchev–Trinajstić information content (AvgIpc) is 2.26. The molecular formula is C12H15ClN2O2. The van der Waals surface area contributed by atoms with Gasteiger partial charge in [-0.2, -0.15) is 0 Å². The van der Waals surface area contributed by atoms with E-state index in [1.807, 2.05) is 37.1 Å². The maximum atomic E-state index is 11.1. The van der Waals surface area contributed by atoms with Crippen molar-refractivity contribution in [2.24, 2.45) is 0 Å². The third kappa shape index (κ3) is 4.07. The summed E-state index contributed by atoms with van der Waals surface area (Å²) in [4.78, 5) is 23.1. The normalized spacial score (nSPS) is 9.82. The van der Waals surface area contributed by atoms with Crippen LogP contribution >= 0.6 is 11.6 Å². The second kappa shape index (κ2) is 6.25. The third-order valence-electron chi connectivity index (χ3n) is 2.41. The first-order valence-electron chi connectivity index (χ1n) is 5.25. The van der Waals surface area contributed by atoms with E-state index >= 15 is 0 Å². The molecule has 92 valence electrons. The number of rotatable bonds is 5. The Morgan fingerprint density at radius 3 is 2.82 bits per heavy atom. The number of nitrogens with zero attached hydrogens (tertiary/aromatic N) is 1. The molecule has 1 N–H and O–H groups in total. The van der Waals surface area contributed by atoms with Crippen molar-refractivity contribution in [3.05, 3.63) is 28.8 Å².